The fraction of sp³-hybridized carbons (Fsp3) is 0.407. The quantitative estimate of drug-likeness (QED) is 0.394. The number of fused-ring (bicyclic) bond motifs is 4. The number of halogens is 2. The minimum absolute atomic E-state index is 0.0819. The van der Waals surface area contributed by atoms with Crippen molar-refractivity contribution in [3.8, 4) is 17.3 Å². The Bertz CT molecular complexity index is 1690. The van der Waals surface area contributed by atoms with Crippen molar-refractivity contribution in [3.63, 3.8) is 0 Å². The lowest BCUT2D eigenvalue weighted by atomic mass is 9.94. The average Bonchev–Trinajstić information content (AvgIpc) is 3.69. The number of anilines is 2. The number of nitrogens with zero attached hydrogens (tertiary/aromatic N) is 6. The zero-order valence-corrected chi connectivity index (χ0v) is 21.8. The number of ether oxygens (including phenoxy) is 1. The summed E-state index contributed by atoms with van der Waals surface area (Å²) in [5, 5.41) is 20.8. The number of benzene rings is 1. The largest absolute Gasteiger partial charge is 0.392 e. The fourth-order valence-electron chi connectivity index (χ4n) is 6.23. The summed E-state index contributed by atoms with van der Waals surface area (Å²) in [7, 11) is 0. The van der Waals surface area contributed by atoms with E-state index in [1.807, 2.05) is 6.07 Å². The van der Waals surface area contributed by atoms with E-state index in [4.69, 9.17) is 10.5 Å². The molecule has 7 rings (SSSR count). The van der Waals surface area contributed by atoms with Gasteiger partial charge in [-0.1, -0.05) is 0 Å². The van der Waals surface area contributed by atoms with Crippen LogP contribution in [-0.4, -0.2) is 63.3 Å². The minimum Gasteiger partial charge on any atom is -0.392 e. The molecule has 0 saturated carbocycles. The van der Waals surface area contributed by atoms with Crippen molar-refractivity contribution in [2.45, 2.75) is 44.6 Å². The number of rotatable bonds is 3. The third kappa shape index (κ3) is 3.83. The van der Waals surface area contributed by atoms with Crippen LogP contribution in [0.2, 0.25) is 0 Å². The van der Waals surface area contributed by atoms with Gasteiger partial charge in [0.1, 0.15) is 16.6 Å². The van der Waals surface area contributed by atoms with Crippen LogP contribution in [0.25, 0.3) is 32.2 Å². The zero-order chi connectivity index (χ0) is 26.8. The fourth-order valence-corrected chi connectivity index (χ4v) is 7.15. The number of nitrogens with two attached hydrogens (primary N) is 1. The molecule has 2 atom stereocenters. The summed E-state index contributed by atoms with van der Waals surface area (Å²) in [6.45, 7) is 3.45. The molecule has 3 aromatic heterocycles. The van der Waals surface area contributed by atoms with E-state index < -0.39 is 11.6 Å². The van der Waals surface area contributed by atoms with Crippen LogP contribution < -0.4 is 10.6 Å². The summed E-state index contributed by atoms with van der Waals surface area (Å²) in [5.41, 5.74) is 7.90. The molecule has 4 aromatic rings. The lowest BCUT2D eigenvalue weighted by molar-refractivity contribution is 0.0513. The van der Waals surface area contributed by atoms with E-state index in [1.165, 1.54) is 0 Å². The van der Waals surface area contributed by atoms with Gasteiger partial charge in [0.05, 0.1) is 41.5 Å². The number of β-amino-alcohol motifs (C(OH)–C–C–N with tert-alkyl or cyclic N) is 1. The molecule has 0 radical (unpaired) electrons. The topological polar surface area (TPSA) is 124 Å². The van der Waals surface area contributed by atoms with Gasteiger partial charge in [-0.15, -0.1) is 11.3 Å². The molecule has 3 N–H and O–H groups in total. The van der Waals surface area contributed by atoms with E-state index in [9.17, 15) is 14.8 Å². The van der Waals surface area contributed by atoms with Crippen LogP contribution in [0.3, 0.4) is 0 Å². The zero-order valence-electron chi connectivity index (χ0n) is 21.0. The number of likely N-dealkylation sites (tertiary alicyclic amines) is 1. The smallest absolute Gasteiger partial charge is 0.226 e. The Morgan fingerprint density at radius 3 is 2.79 bits per heavy atom. The lowest BCUT2D eigenvalue weighted by Gasteiger charge is -2.34. The van der Waals surface area contributed by atoms with E-state index >= 15 is 4.39 Å². The highest BCUT2D eigenvalue weighted by Gasteiger charge is 2.33. The van der Waals surface area contributed by atoms with E-state index in [0.717, 1.165) is 55.4 Å². The number of aromatic nitrogens is 3. The first kappa shape index (κ1) is 24.5. The van der Waals surface area contributed by atoms with Crippen molar-refractivity contribution in [2.75, 3.05) is 36.8 Å². The molecule has 0 bridgehead atoms. The maximum atomic E-state index is 16.5. The molecule has 2 saturated heterocycles. The highest BCUT2D eigenvalue weighted by Crippen LogP contribution is 2.45. The van der Waals surface area contributed by atoms with Gasteiger partial charge in [0.15, 0.2) is 11.6 Å². The number of hydrogen-bond acceptors (Lipinski definition) is 10. The number of aliphatic hydroxyl groups excluding tert-OH is 1. The SMILES string of the molecule is N#Cc1c(N)sc2c(F)cnc(-c3c4c(c5cnc(N6CC[C@@H](N7CCC[C@@H](O)C7)C6)nc5c3F)COC4)c12. The van der Waals surface area contributed by atoms with Crippen LogP contribution in [0.4, 0.5) is 19.7 Å². The molecule has 0 aliphatic carbocycles. The van der Waals surface area contributed by atoms with Gasteiger partial charge in [-0.3, -0.25) is 9.88 Å². The van der Waals surface area contributed by atoms with E-state index in [1.54, 1.807) is 6.20 Å². The summed E-state index contributed by atoms with van der Waals surface area (Å²) < 4.78 is 37.1. The molecule has 2 fully saturated rings. The maximum Gasteiger partial charge on any atom is 0.226 e. The predicted molar refractivity (Wildman–Crippen MR) is 143 cm³/mol. The molecular weight excluding hydrogens is 524 g/mol. The van der Waals surface area contributed by atoms with Crippen molar-refractivity contribution < 1.29 is 18.6 Å². The Morgan fingerprint density at radius 2 is 1.97 bits per heavy atom. The molecule has 12 heteroatoms. The molecule has 0 unspecified atom stereocenters. The van der Waals surface area contributed by atoms with Crippen LogP contribution in [0.15, 0.2) is 12.4 Å². The Hall–Kier alpha value is -3.50. The highest BCUT2D eigenvalue weighted by atomic mass is 32.1. The Balaban J connectivity index is 1.35. The van der Waals surface area contributed by atoms with E-state index in [0.29, 0.717) is 30.0 Å². The normalized spacial score (nSPS) is 21.6. The van der Waals surface area contributed by atoms with Gasteiger partial charge in [-0.05, 0) is 36.9 Å². The molecule has 0 spiro atoms. The lowest BCUT2D eigenvalue weighted by Crippen LogP contribution is -2.45. The molecule has 1 aromatic carbocycles. The first-order chi connectivity index (χ1) is 18.9. The molecule has 200 valence electrons. The second-order valence-corrected chi connectivity index (χ2v) is 11.4. The highest BCUT2D eigenvalue weighted by molar-refractivity contribution is 7.23. The maximum absolute atomic E-state index is 16.5. The third-order valence-electron chi connectivity index (χ3n) is 8.12. The van der Waals surface area contributed by atoms with Crippen LogP contribution in [0.1, 0.15) is 36.0 Å². The molecule has 6 heterocycles. The number of thiophene rings is 1. The van der Waals surface area contributed by atoms with Crippen LogP contribution in [-0.2, 0) is 18.0 Å². The van der Waals surface area contributed by atoms with Gasteiger partial charge in [0.2, 0.25) is 5.95 Å². The van der Waals surface area contributed by atoms with Crippen LogP contribution in [0.5, 0.6) is 0 Å². The average molecular weight is 550 g/mol. The van der Waals surface area contributed by atoms with Crippen LogP contribution in [0, 0.1) is 23.0 Å². The Kier molecular flexibility index (Phi) is 5.85. The van der Waals surface area contributed by atoms with Crippen molar-refractivity contribution in [2.24, 2.45) is 0 Å². The predicted octanol–water partition coefficient (Wildman–Crippen LogP) is 3.70. The van der Waals surface area contributed by atoms with Crippen molar-refractivity contribution in [3.05, 3.63) is 40.7 Å². The molecule has 0 amide bonds. The molecule has 9 nitrogen and oxygen atoms in total. The van der Waals surface area contributed by atoms with Gasteiger partial charge in [0.25, 0.3) is 0 Å². The summed E-state index contributed by atoms with van der Waals surface area (Å²) in [5.74, 6) is -0.793. The van der Waals surface area contributed by atoms with Gasteiger partial charge < -0.3 is 20.5 Å². The van der Waals surface area contributed by atoms with Gasteiger partial charge >= 0.3 is 0 Å². The van der Waals surface area contributed by atoms with Gasteiger partial charge in [0, 0.05) is 48.2 Å². The number of hydrogen-bond donors (Lipinski definition) is 2. The number of pyridine rings is 1. The first-order valence-electron chi connectivity index (χ1n) is 13.0. The third-order valence-corrected chi connectivity index (χ3v) is 9.15. The summed E-state index contributed by atoms with van der Waals surface area (Å²) >= 11 is 0.947. The van der Waals surface area contributed by atoms with E-state index in [2.05, 4.69) is 24.8 Å². The monoisotopic (exact) mass is 549 g/mol. The number of nitrogen functional groups attached to an aromatic ring is 1. The summed E-state index contributed by atoms with van der Waals surface area (Å²) in [4.78, 5) is 17.9. The molecular formula is C27H25F2N7O2S. The first-order valence-corrected chi connectivity index (χ1v) is 13.8. The van der Waals surface area contributed by atoms with Crippen molar-refractivity contribution in [1.82, 2.24) is 19.9 Å². The number of nitriles is 1. The Labute approximate surface area is 226 Å². The van der Waals surface area contributed by atoms with Gasteiger partial charge in [-0.2, -0.15) is 5.26 Å². The Morgan fingerprint density at radius 1 is 1.13 bits per heavy atom. The van der Waals surface area contributed by atoms with Crippen molar-refractivity contribution >= 4 is 43.3 Å². The second-order valence-electron chi connectivity index (χ2n) is 10.4. The molecule has 39 heavy (non-hydrogen) atoms. The van der Waals surface area contributed by atoms with Crippen molar-refractivity contribution in [1.29, 1.82) is 5.26 Å². The summed E-state index contributed by atoms with van der Waals surface area (Å²) in [6, 6.07) is 2.31. The van der Waals surface area contributed by atoms with Gasteiger partial charge in [-0.25, -0.2) is 18.7 Å². The minimum atomic E-state index is -0.615. The number of aliphatic hydroxyl groups is 1. The second kappa shape index (κ2) is 9.31. The summed E-state index contributed by atoms with van der Waals surface area (Å²) in [6.07, 6.45) is 5.10. The molecule has 3 aliphatic heterocycles. The number of piperidine rings is 1. The van der Waals surface area contributed by atoms with E-state index in [-0.39, 0.29) is 62.8 Å². The van der Waals surface area contributed by atoms with Crippen LogP contribution >= 0.6 is 11.3 Å². The molecule has 3 aliphatic rings. The standard InChI is InChI=1S/C27H25F2N7O2S/c28-19-8-32-24(21-15(6-30)26(31)39-25(19)21)20-18-12-38-11-17(18)16-7-33-27(34-23(16)22(20)29)36-5-3-13(9-36)35-4-1-2-14(37)10-35/h7-8,13-14,37H,1-5,9-12,31H2/t13-,14-/m1/s1.